The quantitative estimate of drug-likeness (QED) is 0.261. The Morgan fingerprint density at radius 1 is 0.629 bits per heavy atom. The highest BCUT2D eigenvalue weighted by molar-refractivity contribution is 5.44. The lowest BCUT2D eigenvalue weighted by Crippen LogP contribution is -2.30. The molecule has 188 valence electrons. The van der Waals surface area contributed by atoms with Crippen molar-refractivity contribution in [2.24, 2.45) is 0 Å². The van der Waals surface area contributed by atoms with Gasteiger partial charge < -0.3 is 44.5 Å². The molecule has 0 spiro atoms. The molecule has 0 aliphatic heterocycles. The van der Waals surface area contributed by atoms with Crippen LogP contribution in [-0.2, 0) is 0 Å². The van der Waals surface area contributed by atoms with Gasteiger partial charge >= 0.3 is 0 Å². The third-order valence-corrected chi connectivity index (χ3v) is 5.45. The first-order valence-electron chi connectivity index (χ1n) is 10.9. The van der Waals surface area contributed by atoms with E-state index < -0.39 is 37.6 Å². The van der Waals surface area contributed by atoms with Crippen LogP contribution in [0, 0.1) is 0 Å². The first-order chi connectivity index (χ1) is 16.9. The number of para-hydroxylation sites is 2. The Bertz CT molecular complexity index is 1070. The zero-order valence-corrected chi connectivity index (χ0v) is 19.4. The first-order valence-corrected chi connectivity index (χ1v) is 10.9. The van der Waals surface area contributed by atoms with Crippen LogP contribution in [0.3, 0.4) is 0 Å². The molecule has 0 saturated heterocycles. The van der Waals surface area contributed by atoms with Gasteiger partial charge in [-0.2, -0.15) is 0 Å². The molecule has 9 nitrogen and oxygen atoms in total. The van der Waals surface area contributed by atoms with Crippen LogP contribution in [0.5, 0.6) is 28.7 Å². The Hall–Kier alpha value is -3.50. The van der Waals surface area contributed by atoms with Crippen molar-refractivity contribution in [1.82, 2.24) is 0 Å². The van der Waals surface area contributed by atoms with Crippen LogP contribution in [0.15, 0.2) is 66.7 Å². The molecule has 4 atom stereocenters. The minimum absolute atomic E-state index is 0.0501. The van der Waals surface area contributed by atoms with Crippen LogP contribution in [0.2, 0.25) is 0 Å². The van der Waals surface area contributed by atoms with E-state index in [1.54, 1.807) is 30.3 Å². The van der Waals surface area contributed by atoms with E-state index in [1.807, 2.05) is 0 Å². The monoisotopic (exact) mass is 486 g/mol. The fourth-order valence-electron chi connectivity index (χ4n) is 3.51. The predicted octanol–water partition coefficient (Wildman–Crippen LogP) is 2.36. The molecule has 0 aliphatic rings. The second kappa shape index (κ2) is 12.3. The van der Waals surface area contributed by atoms with Crippen LogP contribution in [0.25, 0.3) is 0 Å². The molecule has 3 rings (SSSR count). The average Bonchev–Trinajstić information content (AvgIpc) is 2.90. The molecule has 35 heavy (non-hydrogen) atoms. The number of rotatable bonds is 12. The van der Waals surface area contributed by atoms with Gasteiger partial charge in [0.15, 0.2) is 35.2 Å². The Kier molecular flexibility index (Phi) is 9.16. The number of aromatic hydroxyl groups is 1. The van der Waals surface area contributed by atoms with Crippen molar-refractivity contribution in [1.29, 1.82) is 0 Å². The highest BCUT2D eigenvalue weighted by atomic mass is 16.5. The predicted molar refractivity (Wildman–Crippen MR) is 127 cm³/mol. The molecule has 9 heteroatoms. The fourth-order valence-corrected chi connectivity index (χ4v) is 3.51. The maximum absolute atomic E-state index is 10.9. The second-order valence-corrected chi connectivity index (χ2v) is 7.72. The highest BCUT2D eigenvalue weighted by Crippen LogP contribution is 2.35. The van der Waals surface area contributed by atoms with Crippen LogP contribution in [0.1, 0.15) is 23.3 Å². The van der Waals surface area contributed by atoms with Gasteiger partial charge in [-0.25, -0.2) is 0 Å². The molecular formula is C26H30O9. The number of aliphatic hydroxyl groups is 4. The van der Waals surface area contributed by atoms with Crippen molar-refractivity contribution in [2.45, 2.75) is 24.4 Å². The van der Waals surface area contributed by atoms with E-state index in [9.17, 15) is 25.5 Å². The minimum atomic E-state index is -1.22. The lowest BCUT2D eigenvalue weighted by atomic mass is 10.0. The van der Waals surface area contributed by atoms with Crippen molar-refractivity contribution < 1.29 is 44.5 Å². The summed E-state index contributed by atoms with van der Waals surface area (Å²) in [7, 11) is 2.91. The van der Waals surface area contributed by atoms with Gasteiger partial charge in [0, 0.05) is 0 Å². The van der Waals surface area contributed by atoms with Gasteiger partial charge in [0.1, 0.15) is 18.0 Å². The first kappa shape index (κ1) is 26.1. The largest absolute Gasteiger partial charge is 0.508 e. The van der Waals surface area contributed by atoms with Crippen LogP contribution >= 0.6 is 0 Å². The number of aliphatic hydroxyl groups excluding tert-OH is 4. The lowest BCUT2D eigenvalue weighted by molar-refractivity contribution is -0.00263. The molecule has 0 heterocycles. The topological polar surface area (TPSA) is 138 Å². The molecule has 4 unspecified atom stereocenters. The van der Waals surface area contributed by atoms with Gasteiger partial charge in [-0.3, -0.25) is 0 Å². The van der Waals surface area contributed by atoms with E-state index in [-0.39, 0.29) is 17.2 Å². The van der Waals surface area contributed by atoms with E-state index >= 15 is 0 Å². The number of hydrogen-bond donors (Lipinski definition) is 5. The third kappa shape index (κ3) is 6.34. The molecule has 0 amide bonds. The zero-order chi connectivity index (χ0) is 25.4. The third-order valence-electron chi connectivity index (χ3n) is 5.45. The molecule has 3 aromatic carbocycles. The van der Waals surface area contributed by atoms with Crippen molar-refractivity contribution in [3.05, 3.63) is 77.9 Å². The normalized spacial score (nSPS) is 14.5. The van der Waals surface area contributed by atoms with Gasteiger partial charge in [-0.05, 0) is 47.5 Å². The van der Waals surface area contributed by atoms with E-state index in [2.05, 4.69) is 0 Å². The summed E-state index contributed by atoms with van der Waals surface area (Å²) in [6.07, 6.45) is -4.42. The van der Waals surface area contributed by atoms with Gasteiger partial charge in [0.25, 0.3) is 0 Å². The maximum Gasteiger partial charge on any atom is 0.161 e. The van der Waals surface area contributed by atoms with Crippen LogP contribution in [0.4, 0.5) is 0 Å². The minimum Gasteiger partial charge on any atom is -0.508 e. The van der Waals surface area contributed by atoms with Crippen LogP contribution in [-0.4, -0.2) is 65.2 Å². The second-order valence-electron chi connectivity index (χ2n) is 7.72. The van der Waals surface area contributed by atoms with E-state index in [4.69, 9.17) is 18.9 Å². The summed E-state index contributed by atoms with van der Waals surface area (Å²) in [6, 6.07) is 17.4. The van der Waals surface area contributed by atoms with Crippen molar-refractivity contribution >= 4 is 0 Å². The van der Waals surface area contributed by atoms with E-state index in [0.717, 1.165) is 0 Å². The molecule has 0 radical (unpaired) electrons. The van der Waals surface area contributed by atoms with E-state index in [0.29, 0.717) is 22.6 Å². The lowest BCUT2D eigenvalue weighted by Gasteiger charge is -2.26. The molecular weight excluding hydrogens is 456 g/mol. The molecule has 0 aromatic heterocycles. The summed E-state index contributed by atoms with van der Waals surface area (Å²) in [5, 5.41) is 50.6. The van der Waals surface area contributed by atoms with Crippen LogP contribution < -0.4 is 18.9 Å². The summed E-state index contributed by atoms with van der Waals surface area (Å²) in [4.78, 5) is 0. The number of hydrogen-bond acceptors (Lipinski definition) is 9. The maximum atomic E-state index is 10.9. The van der Waals surface area contributed by atoms with E-state index in [1.165, 1.54) is 50.6 Å². The van der Waals surface area contributed by atoms with Crippen molar-refractivity contribution in [3.63, 3.8) is 0 Å². The molecule has 3 aromatic rings. The molecule has 0 saturated carbocycles. The Labute approximate surface area is 203 Å². The fraction of sp³-hybridized carbons (Fsp3) is 0.308. The number of ether oxygens (including phenoxy) is 4. The number of phenolic OH excluding ortho intramolecular Hbond substituents is 1. The SMILES string of the molecule is COc1ccccc1OC(CO)C(O)c1ccc(OC(CO)C(O)c2ccc(O)cc2)c(OC)c1. The van der Waals surface area contributed by atoms with Crippen molar-refractivity contribution in [3.8, 4) is 28.7 Å². The highest BCUT2D eigenvalue weighted by Gasteiger charge is 2.27. The summed E-state index contributed by atoms with van der Waals surface area (Å²) in [5.41, 5.74) is 0.843. The molecule has 0 fully saturated rings. The summed E-state index contributed by atoms with van der Waals surface area (Å²) < 4.78 is 22.3. The summed E-state index contributed by atoms with van der Waals surface area (Å²) >= 11 is 0. The van der Waals surface area contributed by atoms with Gasteiger partial charge in [-0.15, -0.1) is 0 Å². The molecule has 0 aliphatic carbocycles. The summed E-state index contributed by atoms with van der Waals surface area (Å²) in [5.74, 6) is 1.35. The molecule has 5 N–H and O–H groups in total. The van der Waals surface area contributed by atoms with Gasteiger partial charge in [-0.1, -0.05) is 30.3 Å². The number of phenols is 1. The van der Waals surface area contributed by atoms with Crippen molar-refractivity contribution in [2.75, 3.05) is 27.4 Å². The molecule has 0 bridgehead atoms. The Morgan fingerprint density at radius 2 is 1.11 bits per heavy atom. The van der Waals surface area contributed by atoms with Gasteiger partial charge in [0.2, 0.25) is 0 Å². The Morgan fingerprint density at radius 3 is 1.66 bits per heavy atom. The average molecular weight is 487 g/mol. The Balaban J connectivity index is 1.78. The smallest absolute Gasteiger partial charge is 0.161 e. The standard InChI is InChI=1S/C26H30O9/c1-32-19-5-3-4-6-20(19)34-24(15-28)26(31)17-9-12-21(22(13-17)33-2)35-23(14-27)25(30)16-7-10-18(29)11-8-16/h3-13,23-31H,14-15H2,1-2H3. The number of benzene rings is 3. The summed E-state index contributed by atoms with van der Waals surface area (Å²) in [6.45, 7) is -0.958. The van der Waals surface area contributed by atoms with Gasteiger partial charge in [0.05, 0.1) is 27.4 Å². The number of methoxy groups -OCH3 is 2. The zero-order valence-electron chi connectivity index (χ0n) is 19.4.